The number of hydrazine groups is 1. The van der Waals surface area contributed by atoms with Crippen molar-refractivity contribution in [2.75, 3.05) is 5.75 Å². The molecule has 18 heavy (non-hydrogen) atoms. The summed E-state index contributed by atoms with van der Waals surface area (Å²) in [7, 11) is 0. The molecule has 0 saturated carbocycles. The third-order valence-electron chi connectivity index (χ3n) is 1.85. The first kappa shape index (κ1) is 14.8. The van der Waals surface area contributed by atoms with Gasteiger partial charge in [0, 0.05) is 10.9 Å². The highest BCUT2D eigenvalue weighted by Gasteiger charge is 2.03. The standard InChI is InChI=1S/C12H17N3OS2/c1-9(2)13-12(17)15-14-11(16)8-18-10-6-4-3-5-7-10/h3-7,9H,8H2,1-2H3,(H,14,16)(H2,13,15,17). The first-order valence-electron chi connectivity index (χ1n) is 5.61. The Balaban J connectivity index is 2.20. The van der Waals surface area contributed by atoms with Gasteiger partial charge in [0.05, 0.1) is 5.75 Å². The van der Waals surface area contributed by atoms with Gasteiger partial charge in [0.25, 0.3) is 0 Å². The van der Waals surface area contributed by atoms with Crippen LogP contribution in [0.3, 0.4) is 0 Å². The minimum absolute atomic E-state index is 0.114. The molecule has 0 bridgehead atoms. The van der Waals surface area contributed by atoms with E-state index in [0.29, 0.717) is 10.9 Å². The molecule has 6 heteroatoms. The van der Waals surface area contributed by atoms with Crippen LogP contribution in [0.5, 0.6) is 0 Å². The summed E-state index contributed by atoms with van der Waals surface area (Å²) in [4.78, 5) is 12.6. The lowest BCUT2D eigenvalue weighted by atomic mass is 10.4. The number of thioether (sulfide) groups is 1. The summed E-state index contributed by atoms with van der Waals surface area (Å²) in [5.41, 5.74) is 5.20. The van der Waals surface area contributed by atoms with E-state index in [1.165, 1.54) is 11.8 Å². The molecule has 0 heterocycles. The number of nitrogens with one attached hydrogen (secondary N) is 3. The molecule has 1 aromatic carbocycles. The third-order valence-corrected chi connectivity index (χ3v) is 3.08. The molecule has 0 aliphatic heterocycles. The SMILES string of the molecule is CC(C)NC(=S)NNC(=O)CSc1ccccc1. The van der Waals surface area contributed by atoms with Crippen LogP contribution in [0.15, 0.2) is 35.2 Å². The van der Waals surface area contributed by atoms with Crippen LogP contribution >= 0.6 is 24.0 Å². The zero-order valence-electron chi connectivity index (χ0n) is 10.4. The maximum Gasteiger partial charge on any atom is 0.248 e. The number of carbonyl (C=O) groups excluding carboxylic acids is 1. The quantitative estimate of drug-likeness (QED) is 0.446. The van der Waals surface area contributed by atoms with Crippen LogP contribution in [0, 0.1) is 0 Å². The fourth-order valence-electron chi connectivity index (χ4n) is 1.13. The topological polar surface area (TPSA) is 53.2 Å². The fraction of sp³-hybridized carbons (Fsp3) is 0.333. The van der Waals surface area contributed by atoms with Gasteiger partial charge >= 0.3 is 0 Å². The first-order chi connectivity index (χ1) is 8.58. The molecule has 3 N–H and O–H groups in total. The highest BCUT2D eigenvalue weighted by Crippen LogP contribution is 2.15. The summed E-state index contributed by atoms with van der Waals surface area (Å²) in [6.07, 6.45) is 0. The Morgan fingerprint density at radius 3 is 2.56 bits per heavy atom. The average Bonchev–Trinajstić information content (AvgIpc) is 2.34. The predicted molar refractivity (Wildman–Crippen MR) is 79.3 cm³/mol. The van der Waals surface area contributed by atoms with Gasteiger partial charge in [-0.3, -0.25) is 15.6 Å². The lowest BCUT2D eigenvalue weighted by molar-refractivity contribution is -0.119. The van der Waals surface area contributed by atoms with Crippen molar-refractivity contribution in [2.24, 2.45) is 0 Å². The van der Waals surface area contributed by atoms with Crippen molar-refractivity contribution in [3.63, 3.8) is 0 Å². The fourth-order valence-corrected chi connectivity index (χ4v) is 2.13. The molecule has 0 saturated heterocycles. The molecule has 0 aromatic heterocycles. The Kier molecular flexibility index (Phi) is 6.53. The van der Waals surface area contributed by atoms with Gasteiger partial charge in [-0.25, -0.2) is 0 Å². The maximum atomic E-state index is 11.5. The van der Waals surface area contributed by atoms with Crippen LogP contribution in [-0.2, 0) is 4.79 Å². The molecule has 1 amide bonds. The van der Waals surface area contributed by atoms with Crippen LogP contribution in [0.4, 0.5) is 0 Å². The molecule has 0 atom stereocenters. The number of amides is 1. The highest BCUT2D eigenvalue weighted by atomic mass is 32.2. The second kappa shape index (κ2) is 7.94. The Bertz CT molecular complexity index is 396. The smallest absolute Gasteiger partial charge is 0.248 e. The number of thiocarbonyl (C=S) groups is 1. The van der Waals surface area contributed by atoms with Gasteiger partial charge in [0.2, 0.25) is 5.91 Å². The maximum absolute atomic E-state index is 11.5. The van der Waals surface area contributed by atoms with Crippen molar-refractivity contribution in [1.29, 1.82) is 0 Å². The van der Waals surface area contributed by atoms with Crippen LogP contribution < -0.4 is 16.2 Å². The molecule has 0 aliphatic rings. The minimum Gasteiger partial charge on any atom is -0.359 e. The number of hydrogen-bond donors (Lipinski definition) is 3. The van der Waals surface area contributed by atoms with Crippen molar-refractivity contribution in [2.45, 2.75) is 24.8 Å². The summed E-state index contributed by atoms with van der Waals surface area (Å²) < 4.78 is 0. The van der Waals surface area contributed by atoms with E-state index in [4.69, 9.17) is 12.2 Å². The summed E-state index contributed by atoms with van der Waals surface area (Å²) in [5.74, 6) is 0.234. The number of hydrogen-bond acceptors (Lipinski definition) is 3. The Hall–Kier alpha value is -1.27. The van der Waals surface area contributed by atoms with E-state index in [-0.39, 0.29) is 11.9 Å². The van der Waals surface area contributed by atoms with E-state index < -0.39 is 0 Å². The van der Waals surface area contributed by atoms with Crippen molar-refractivity contribution >= 4 is 35.0 Å². The lowest BCUT2D eigenvalue weighted by Crippen LogP contribution is -2.49. The molecule has 0 aliphatic carbocycles. The second-order valence-electron chi connectivity index (χ2n) is 3.90. The van der Waals surface area contributed by atoms with Gasteiger partial charge in [-0.1, -0.05) is 18.2 Å². The van der Waals surface area contributed by atoms with E-state index in [9.17, 15) is 4.79 Å². The molecule has 0 unspecified atom stereocenters. The molecule has 1 rings (SSSR count). The molecule has 0 fully saturated rings. The zero-order chi connectivity index (χ0) is 13.4. The predicted octanol–water partition coefficient (Wildman–Crippen LogP) is 1.68. The van der Waals surface area contributed by atoms with E-state index in [1.54, 1.807) is 0 Å². The molecule has 0 spiro atoms. The van der Waals surface area contributed by atoms with Crippen molar-refractivity contribution in [3.8, 4) is 0 Å². The molecule has 0 radical (unpaired) electrons. The number of carbonyl (C=O) groups is 1. The Morgan fingerprint density at radius 2 is 1.94 bits per heavy atom. The molecule has 1 aromatic rings. The molecular formula is C12H17N3OS2. The molecular weight excluding hydrogens is 266 g/mol. The summed E-state index contributed by atoms with van der Waals surface area (Å²) in [6.45, 7) is 3.95. The third kappa shape index (κ3) is 6.46. The monoisotopic (exact) mass is 283 g/mol. The summed E-state index contributed by atoms with van der Waals surface area (Å²) in [6, 6.07) is 10.0. The van der Waals surface area contributed by atoms with Gasteiger partial charge in [-0.2, -0.15) is 0 Å². The van der Waals surface area contributed by atoms with Crippen molar-refractivity contribution in [1.82, 2.24) is 16.2 Å². The van der Waals surface area contributed by atoms with Crippen LogP contribution in [0.25, 0.3) is 0 Å². The molecule has 98 valence electrons. The van der Waals surface area contributed by atoms with Gasteiger partial charge in [-0.15, -0.1) is 11.8 Å². The van der Waals surface area contributed by atoms with Crippen molar-refractivity contribution < 1.29 is 4.79 Å². The first-order valence-corrected chi connectivity index (χ1v) is 7.00. The minimum atomic E-state index is -0.114. The second-order valence-corrected chi connectivity index (χ2v) is 5.36. The largest absolute Gasteiger partial charge is 0.359 e. The lowest BCUT2D eigenvalue weighted by Gasteiger charge is -2.13. The van der Waals surface area contributed by atoms with Crippen LogP contribution in [-0.4, -0.2) is 22.8 Å². The highest BCUT2D eigenvalue weighted by molar-refractivity contribution is 8.00. The van der Waals surface area contributed by atoms with Gasteiger partial charge in [0.15, 0.2) is 5.11 Å². The van der Waals surface area contributed by atoms with Crippen LogP contribution in [0.2, 0.25) is 0 Å². The van der Waals surface area contributed by atoms with E-state index >= 15 is 0 Å². The average molecular weight is 283 g/mol. The Labute approximate surface area is 117 Å². The van der Waals surface area contributed by atoms with Gasteiger partial charge in [-0.05, 0) is 38.2 Å². The normalized spacial score (nSPS) is 9.94. The van der Waals surface area contributed by atoms with E-state index in [2.05, 4.69) is 16.2 Å². The van der Waals surface area contributed by atoms with E-state index in [1.807, 2.05) is 44.2 Å². The zero-order valence-corrected chi connectivity index (χ0v) is 12.0. The van der Waals surface area contributed by atoms with Crippen LogP contribution in [0.1, 0.15) is 13.8 Å². The molecule has 4 nitrogen and oxygen atoms in total. The number of rotatable bonds is 4. The Morgan fingerprint density at radius 1 is 1.28 bits per heavy atom. The van der Waals surface area contributed by atoms with E-state index in [0.717, 1.165) is 4.90 Å². The van der Waals surface area contributed by atoms with Gasteiger partial charge in [0.1, 0.15) is 0 Å². The summed E-state index contributed by atoms with van der Waals surface area (Å²) >= 11 is 6.46. The summed E-state index contributed by atoms with van der Waals surface area (Å²) in [5, 5.41) is 3.39. The van der Waals surface area contributed by atoms with Gasteiger partial charge < -0.3 is 5.32 Å². The van der Waals surface area contributed by atoms with Crippen molar-refractivity contribution in [3.05, 3.63) is 30.3 Å². The number of benzene rings is 1.